The number of nitrogens with one attached hydrogen (secondary N) is 8. The highest BCUT2D eigenvalue weighted by atomic mass is 19.1. The van der Waals surface area contributed by atoms with Crippen LogP contribution >= 0.6 is 0 Å². The zero-order valence-electron chi connectivity index (χ0n) is 48.0. The lowest BCUT2D eigenvalue weighted by atomic mass is 9.76. The van der Waals surface area contributed by atoms with Crippen molar-refractivity contribution in [3.63, 3.8) is 0 Å². The predicted octanol–water partition coefficient (Wildman–Crippen LogP) is 8.68. The van der Waals surface area contributed by atoms with Crippen molar-refractivity contribution in [3.8, 4) is 11.6 Å². The van der Waals surface area contributed by atoms with Gasteiger partial charge in [0.15, 0.2) is 34.9 Å². The molecule has 10 aromatic rings. The number of aromatic amines is 4. The summed E-state index contributed by atoms with van der Waals surface area (Å²) in [4.78, 5) is 77.0. The molecule has 86 heavy (non-hydrogen) atoms. The maximum Gasteiger partial charge on any atom is 0.257 e. The molecule has 10 heterocycles. The molecule has 0 aliphatic heterocycles. The molecule has 2 atom stereocenters. The second-order valence-corrected chi connectivity index (χ2v) is 21.9. The Labute approximate surface area is 490 Å². The molecule has 0 bridgehead atoms. The largest absolute Gasteiger partial charge is 0.368 e. The van der Waals surface area contributed by atoms with Gasteiger partial charge in [-0.1, -0.05) is 12.1 Å². The molecule has 0 unspecified atom stereocenters. The molecule has 444 valence electrons. The minimum atomic E-state index is -1.02. The van der Waals surface area contributed by atoms with Gasteiger partial charge < -0.3 is 40.7 Å². The number of carbonyl (C=O) groups is 2. The number of carbonyl (C=O) groups excluding carboxylic acids is 2. The second-order valence-electron chi connectivity index (χ2n) is 21.9. The van der Waals surface area contributed by atoms with Crippen molar-refractivity contribution >= 4 is 56.6 Å². The molecule has 2 aliphatic carbocycles. The van der Waals surface area contributed by atoms with Gasteiger partial charge in [0.25, 0.3) is 22.9 Å². The summed E-state index contributed by atoms with van der Waals surface area (Å²) in [6.07, 6.45) is 15.5. The van der Waals surface area contributed by atoms with E-state index in [1.807, 2.05) is 76.2 Å². The summed E-state index contributed by atoms with van der Waals surface area (Å²) in [5.41, 5.74) is 2.35. The highest BCUT2D eigenvalue weighted by molar-refractivity contribution is 5.89. The number of anilines is 4. The van der Waals surface area contributed by atoms with E-state index in [1.54, 1.807) is 51.1 Å². The van der Waals surface area contributed by atoms with Crippen molar-refractivity contribution in [2.24, 2.45) is 0 Å². The standard InChI is InChI=1S/2C30H32FN9O3/c2*1-17-12-24(39-38-17)36-23-13-20-8-11-32-28(41)26(20)27(37-23)19-6-9-30(43-3,10-7-19)29(42)35-18(2)21-4-5-25(33-14-21)40-16-22(31)15-34-40/h2*4-5,8,11-16,18-19H,6-7,9-10H2,1-3H3,(H,32,41)(H,35,42)(H2,36,37,38,39)/t2*18-,19?,30?/m00/s1. The summed E-state index contributed by atoms with van der Waals surface area (Å²) < 4.78 is 41.1. The van der Waals surface area contributed by atoms with Gasteiger partial charge in [-0.25, -0.2) is 38.1 Å². The van der Waals surface area contributed by atoms with E-state index in [0.717, 1.165) is 45.7 Å². The van der Waals surface area contributed by atoms with Crippen LogP contribution < -0.4 is 32.4 Å². The van der Waals surface area contributed by atoms with Gasteiger partial charge in [0, 0.05) is 74.4 Å². The summed E-state index contributed by atoms with van der Waals surface area (Å²) in [6.45, 7) is 7.57. The van der Waals surface area contributed by atoms with Gasteiger partial charge in [-0.05, 0) is 137 Å². The maximum atomic E-state index is 13.6. The van der Waals surface area contributed by atoms with Crippen molar-refractivity contribution in [2.75, 3.05) is 24.9 Å². The summed E-state index contributed by atoms with van der Waals surface area (Å²) in [7, 11) is 3.11. The first-order chi connectivity index (χ1) is 41.5. The molecule has 2 amide bonds. The Balaban J connectivity index is 0.000000179. The molecule has 24 nitrogen and oxygen atoms in total. The molecule has 2 aliphatic rings. The van der Waals surface area contributed by atoms with Crippen LogP contribution in [0.4, 0.5) is 32.1 Å². The van der Waals surface area contributed by atoms with Gasteiger partial charge in [-0.2, -0.15) is 20.4 Å². The van der Waals surface area contributed by atoms with E-state index >= 15 is 0 Å². The zero-order chi connectivity index (χ0) is 60.3. The summed E-state index contributed by atoms with van der Waals surface area (Å²) >= 11 is 0. The van der Waals surface area contributed by atoms with E-state index in [-0.39, 0.29) is 46.9 Å². The second kappa shape index (κ2) is 24.4. The number of ether oxygens (including phenoxy) is 2. The number of nitrogens with zero attached hydrogens (tertiary/aromatic N) is 10. The lowest BCUT2D eigenvalue weighted by molar-refractivity contribution is -0.149. The molecule has 2 fully saturated rings. The Morgan fingerprint density at radius 2 is 1.00 bits per heavy atom. The van der Waals surface area contributed by atoms with Crippen LogP contribution in [0, 0.1) is 25.5 Å². The third-order valence-corrected chi connectivity index (χ3v) is 16.3. The highest BCUT2D eigenvalue weighted by Gasteiger charge is 2.45. The van der Waals surface area contributed by atoms with Crippen LogP contribution in [0.15, 0.2) is 120 Å². The Hall–Kier alpha value is -9.82. The Morgan fingerprint density at radius 3 is 1.33 bits per heavy atom. The van der Waals surface area contributed by atoms with Crippen molar-refractivity contribution in [1.82, 2.24) is 80.5 Å². The SMILES string of the molecule is COC1(C(=O)N[C@@H](C)c2ccc(-n3cc(F)cn3)nc2)CCC(c2nc(Nc3cc(C)[nH]n3)cc3cc[nH]c(=O)c23)CC1.COC1(C(=O)N[C@@H](C)c2ccc(-n3cc(F)cn3)nc2)CCC(c2nc(Nc3cc(C)[nH]n3)cc3cc[nH]c(=O)c23)CC1. The normalized spacial score (nSPS) is 19.3. The first-order valence-corrected chi connectivity index (χ1v) is 28.2. The number of methoxy groups -OCH3 is 2. The van der Waals surface area contributed by atoms with E-state index in [0.29, 0.717) is 108 Å². The van der Waals surface area contributed by atoms with Crippen LogP contribution in [0.2, 0.25) is 0 Å². The van der Waals surface area contributed by atoms with Gasteiger partial charge in [0.2, 0.25) is 0 Å². The molecule has 26 heteroatoms. The molecule has 2 saturated carbocycles. The van der Waals surface area contributed by atoms with Gasteiger partial charge in [0.1, 0.15) is 22.8 Å². The number of rotatable bonds is 16. The molecule has 0 saturated heterocycles. The fraction of sp³-hybridized carbons (Fsp3) is 0.333. The zero-order valence-corrected chi connectivity index (χ0v) is 48.0. The number of halogens is 2. The molecule has 12 rings (SSSR count). The van der Waals surface area contributed by atoms with E-state index in [2.05, 4.69) is 71.8 Å². The van der Waals surface area contributed by atoms with E-state index < -0.39 is 22.8 Å². The Bertz CT molecular complexity index is 3910. The fourth-order valence-electron chi connectivity index (χ4n) is 11.4. The summed E-state index contributed by atoms with van der Waals surface area (Å²) in [6, 6.07) is 17.5. The molecule has 8 N–H and O–H groups in total. The first-order valence-electron chi connectivity index (χ1n) is 28.2. The quantitative estimate of drug-likeness (QED) is 0.0448. The number of amides is 2. The summed E-state index contributed by atoms with van der Waals surface area (Å²) in [5, 5.41) is 37.4. The van der Waals surface area contributed by atoms with Gasteiger partial charge in [-0.15, -0.1) is 0 Å². The number of hydrogen-bond acceptors (Lipinski definition) is 16. The Morgan fingerprint density at radius 1 is 0.593 bits per heavy atom. The molecular formula is C60H64F2N18O6. The topological polar surface area (TPSA) is 311 Å². The highest BCUT2D eigenvalue weighted by Crippen LogP contribution is 2.43. The van der Waals surface area contributed by atoms with Crippen LogP contribution in [0.3, 0.4) is 0 Å². The van der Waals surface area contributed by atoms with Gasteiger partial charge in [0.05, 0.1) is 59.0 Å². The average Bonchev–Trinajstić information content (AvgIpc) is 3.47. The number of H-pyrrole nitrogens is 4. The third kappa shape index (κ3) is 12.2. The molecule has 10 aromatic heterocycles. The van der Waals surface area contributed by atoms with Crippen LogP contribution in [0.25, 0.3) is 33.2 Å². The van der Waals surface area contributed by atoms with Crippen LogP contribution in [-0.2, 0) is 19.1 Å². The minimum Gasteiger partial charge on any atom is -0.368 e. The van der Waals surface area contributed by atoms with Crippen molar-refractivity contribution in [1.29, 1.82) is 0 Å². The third-order valence-electron chi connectivity index (χ3n) is 16.3. The van der Waals surface area contributed by atoms with Crippen molar-refractivity contribution in [3.05, 3.63) is 176 Å². The minimum absolute atomic E-state index is 0.0500. The average molecular weight is 1170 g/mol. The fourth-order valence-corrected chi connectivity index (χ4v) is 11.4. The van der Waals surface area contributed by atoms with Crippen molar-refractivity contribution in [2.45, 2.75) is 114 Å². The number of pyridine rings is 6. The van der Waals surface area contributed by atoms with Gasteiger partial charge in [-0.3, -0.25) is 29.4 Å². The van der Waals surface area contributed by atoms with Crippen LogP contribution in [-0.4, -0.2) is 107 Å². The van der Waals surface area contributed by atoms with Crippen LogP contribution in [0.1, 0.15) is 123 Å². The number of hydrogen-bond donors (Lipinski definition) is 8. The Kier molecular flexibility index (Phi) is 16.5. The van der Waals surface area contributed by atoms with Crippen molar-refractivity contribution < 1.29 is 27.8 Å². The van der Waals surface area contributed by atoms with E-state index in [9.17, 15) is 28.0 Å². The van der Waals surface area contributed by atoms with E-state index in [4.69, 9.17) is 19.4 Å². The van der Waals surface area contributed by atoms with Crippen LogP contribution in [0.5, 0.6) is 0 Å². The molecule has 0 aromatic carbocycles. The predicted molar refractivity (Wildman–Crippen MR) is 316 cm³/mol. The molecular weight excluding hydrogens is 1110 g/mol. The van der Waals surface area contributed by atoms with Gasteiger partial charge >= 0.3 is 0 Å². The first kappa shape index (κ1) is 58.0. The number of aromatic nitrogens is 14. The molecule has 0 radical (unpaired) electrons. The molecule has 0 spiro atoms. The summed E-state index contributed by atoms with van der Waals surface area (Å²) in [5.74, 6) is 1.97. The lowest BCUT2D eigenvalue weighted by Crippen LogP contribution is -2.50. The smallest absolute Gasteiger partial charge is 0.257 e. The maximum absolute atomic E-state index is 13.6. The number of aryl methyl sites for hydroxylation is 2. The number of fused-ring (bicyclic) bond motifs is 2. The monoisotopic (exact) mass is 1170 g/mol. The van der Waals surface area contributed by atoms with E-state index in [1.165, 1.54) is 21.8 Å². The lowest BCUT2D eigenvalue weighted by Gasteiger charge is -2.38.